The number of para-hydroxylation sites is 1. The highest BCUT2D eigenvalue weighted by atomic mass is 35.5. The lowest BCUT2D eigenvalue weighted by Gasteiger charge is -2.17. The molecule has 132 valence electrons. The molecule has 6 nitrogen and oxygen atoms in total. The van der Waals surface area contributed by atoms with E-state index in [2.05, 4.69) is 5.32 Å². The van der Waals surface area contributed by atoms with E-state index in [4.69, 9.17) is 26.8 Å². The number of rotatable bonds is 8. The molecule has 0 unspecified atom stereocenters. The highest BCUT2D eigenvalue weighted by molar-refractivity contribution is 6.30. The van der Waals surface area contributed by atoms with Crippen molar-refractivity contribution in [1.82, 2.24) is 5.32 Å². The molecule has 0 saturated carbocycles. The van der Waals surface area contributed by atoms with E-state index in [0.717, 1.165) is 0 Å². The van der Waals surface area contributed by atoms with Gasteiger partial charge in [0.15, 0.2) is 0 Å². The summed E-state index contributed by atoms with van der Waals surface area (Å²) in [4.78, 5) is 23.2. The number of hydrogen-bond donors (Lipinski definition) is 2. The second-order valence-electron chi connectivity index (χ2n) is 5.20. The van der Waals surface area contributed by atoms with Crippen molar-refractivity contribution < 1.29 is 19.1 Å². The third kappa shape index (κ3) is 6.73. The number of carbonyl (C=O) groups is 2. The molecule has 2 rings (SSSR count). The molecule has 0 bridgehead atoms. The zero-order valence-corrected chi connectivity index (χ0v) is 14.2. The van der Waals surface area contributed by atoms with Crippen molar-refractivity contribution in [3.63, 3.8) is 0 Å². The Morgan fingerprint density at radius 1 is 1.04 bits per heavy atom. The van der Waals surface area contributed by atoms with Crippen LogP contribution in [0.2, 0.25) is 5.02 Å². The van der Waals surface area contributed by atoms with Crippen molar-refractivity contribution in [2.24, 2.45) is 5.73 Å². The summed E-state index contributed by atoms with van der Waals surface area (Å²) in [5.74, 6) is 0.235. The van der Waals surface area contributed by atoms with Crippen LogP contribution in [-0.2, 0) is 9.53 Å². The molecule has 0 spiro atoms. The maximum Gasteiger partial charge on any atom is 0.312 e. The van der Waals surface area contributed by atoms with E-state index in [1.165, 1.54) is 0 Å². The molecule has 0 aliphatic heterocycles. The van der Waals surface area contributed by atoms with Crippen molar-refractivity contribution in [1.29, 1.82) is 0 Å². The van der Waals surface area contributed by atoms with Crippen LogP contribution < -0.4 is 15.8 Å². The fraction of sp³-hybridized carbons (Fsp3) is 0.222. The third-order valence-corrected chi connectivity index (χ3v) is 3.57. The Balaban J connectivity index is 1.82. The Kier molecular flexibility index (Phi) is 7.10. The highest BCUT2D eigenvalue weighted by Crippen LogP contribution is 2.20. The summed E-state index contributed by atoms with van der Waals surface area (Å²) < 4.78 is 10.6. The van der Waals surface area contributed by atoms with Crippen LogP contribution >= 0.6 is 11.6 Å². The standard InChI is InChI=1S/C18H19ClN2O4/c19-14-8-6-13(7-9-14)16(21-18(20)23)12-17(22)25-11-10-24-15-4-2-1-3-5-15/h1-9,16H,10-12H2,(H3,20,21,23)/t16-/m0/s1. The molecule has 0 aromatic heterocycles. The molecule has 0 fully saturated rings. The van der Waals surface area contributed by atoms with Gasteiger partial charge >= 0.3 is 12.0 Å². The van der Waals surface area contributed by atoms with Gasteiger partial charge < -0.3 is 20.5 Å². The van der Waals surface area contributed by atoms with Crippen molar-refractivity contribution in [3.05, 3.63) is 65.2 Å². The number of nitrogens with two attached hydrogens (primary N) is 1. The highest BCUT2D eigenvalue weighted by Gasteiger charge is 2.18. The lowest BCUT2D eigenvalue weighted by Crippen LogP contribution is -2.34. The van der Waals surface area contributed by atoms with Gasteiger partial charge in [-0.05, 0) is 29.8 Å². The number of urea groups is 1. The van der Waals surface area contributed by atoms with Gasteiger partial charge in [-0.2, -0.15) is 0 Å². The molecule has 2 aromatic rings. The first-order chi connectivity index (χ1) is 12.0. The molecule has 3 N–H and O–H groups in total. The van der Waals surface area contributed by atoms with Crippen LogP contribution in [0.15, 0.2) is 54.6 Å². The number of carbonyl (C=O) groups excluding carboxylic acids is 2. The Morgan fingerprint density at radius 2 is 1.72 bits per heavy atom. The normalized spacial score (nSPS) is 11.4. The zero-order chi connectivity index (χ0) is 18.1. The fourth-order valence-electron chi connectivity index (χ4n) is 2.18. The largest absolute Gasteiger partial charge is 0.490 e. The molecule has 7 heteroatoms. The SMILES string of the molecule is NC(=O)N[C@@H](CC(=O)OCCOc1ccccc1)c1ccc(Cl)cc1. The first-order valence-corrected chi connectivity index (χ1v) is 8.07. The molecule has 0 radical (unpaired) electrons. The predicted molar refractivity (Wildman–Crippen MR) is 94.4 cm³/mol. The van der Waals surface area contributed by atoms with Crippen LogP contribution in [0.25, 0.3) is 0 Å². The van der Waals surface area contributed by atoms with Gasteiger partial charge in [0.2, 0.25) is 0 Å². The Labute approximate surface area is 150 Å². The molecule has 25 heavy (non-hydrogen) atoms. The predicted octanol–water partition coefficient (Wildman–Crippen LogP) is 3.06. The van der Waals surface area contributed by atoms with E-state index in [1.807, 2.05) is 30.3 Å². The zero-order valence-electron chi connectivity index (χ0n) is 13.5. The van der Waals surface area contributed by atoms with Crippen LogP contribution in [0.5, 0.6) is 5.75 Å². The number of primary amides is 1. The second kappa shape index (κ2) is 9.54. The average Bonchev–Trinajstić information content (AvgIpc) is 2.59. The molecule has 1 atom stereocenters. The first kappa shape index (κ1) is 18.6. The third-order valence-electron chi connectivity index (χ3n) is 3.32. The Hall–Kier alpha value is -2.73. The number of hydrogen-bond acceptors (Lipinski definition) is 4. The molecular weight excluding hydrogens is 344 g/mol. The van der Waals surface area contributed by atoms with Crippen molar-refractivity contribution in [3.8, 4) is 5.75 Å². The summed E-state index contributed by atoms with van der Waals surface area (Å²) >= 11 is 5.85. The molecule has 0 heterocycles. The minimum atomic E-state index is -0.722. The van der Waals surface area contributed by atoms with Gasteiger partial charge in [0.25, 0.3) is 0 Å². The summed E-state index contributed by atoms with van der Waals surface area (Å²) in [6.45, 7) is 0.349. The maximum atomic E-state index is 12.0. The van der Waals surface area contributed by atoms with E-state index in [-0.39, 0.29) is 19.6 Å². The summed E-state index contributed by atoms with van der Waals surface area (Å²) in [6.07, 6.45) is -0.0457. The molecule has 0 aliphatic carbocycles. The fourth-order valence-corrected chi connectivity index (χ4v) is 2.30. The lowest BCUT2D eigenvalue weighted by atomic mass is 10.0. The van der Waals surface area contributed by atoms with E-state index in [0.29, 0.717) is 16.3 Å². The topological polar surface area (TPSA) is 90.7 Å². The maximum absolute atomic E-state index is 12.0. The number of halogens is 1. The average molecular weight is 363 g/mol. The quantitative estimate of drug-likeness (QED) is 0.557. The smallest absolute Gasteiger partial charge is 0.312 e. The van der Waals surface area contributed by atoms with Crippen LogP contribution in [0.3, 0.4) is 0 Å². The summed E-state index contributed by atoms with van der Waals surface area (Å²) in [5, 5.41) is 3.08. The van der Waals surface area contributed by atoms with Gasteiger partial charge in [-0.25, -0.2) is 4.79 Å². The first-order valence-electron chi connectivity index (χ1n) is 7.69. The van der Waals surface area contributed by atoms with E-state index < -0.39 is 18.0 Å². The van der Waals surface area contributed by atoms with Crippen molar-refractivity contribution in [2.75, 3.05) is 13.2 Å². The number of amides is 2. The minimum Gasteiger partial charge on any atom is -0.490 e. The summed E-state index contributed by atoms with van der Waals surface area (Å²) in [7, 11) is 0. The number of benzene rings is 2. The van der Waals surface area contributed by atoms with Gasteiger partial charge in [0.05, 0.1) is 12.5 Å². The Bertz CT molecular complexity index is 692. The van der Waals surface area contributed by atoms with Gasteiger partial charge in [-0.1, -0.05) is 41.9 Å². The van der Waals surface area contributed by atoms with Gasteiger partial charge in [0, 0.05) is 5.02 Å². The molecule has 2 amide bonds. The van der Waals surface area contributed by atoms with Gasteiger partial charge in [-0.3, -0.25) is 4.79 Å². The van der Waals surface area contributed by atoms with E-state index >= 15 is 0 Å². The van der Waals surface area contributed by atoms with Gasteiger partial charge in [0.1, 0.15) is 19.0 Å². The van der Waals surface area contributed by atoms with E-state index in [9.17, 15) is 9.59 Å². The molecule has 2 aromatic carbocycles. The van der Waals surface area contributed by atoms with E-state index in [1.54, 1.807) is 24.3 Å². The lowest BCUT2D eigenvalue weighted by molar-refractivity contribution is -0.144. The minimum absolute atomic E-state index is 0.0457. The monoisotopic (exact) mass is 362 g/mol. The van der Waals surface area contributed by atoms with Crippen molar-refractivity contribution >= 4 is 23.6 Å². The number of esters is 1. The van der Waals surface area contributed by atoms with Crippen LogP contribution in [0.4, 0.5) is 4.79 Å². The number of ether oxygens (including phenoxy) is 2. The Morgan fingerprint density at radius 3 is 2.36 bits per heavy atom. The summed E-state index contributed by atoms with van der Waals surface area (Å²) in [6, 6.07) is 14.7. The van der Waals surface area contributed by atoms with Crippen LogP contribution in [0, 0.1) is 0 Å². The van der Waals surface area contributed by atoms with Crippen molar-refractivity contribution in [2.45, 2.75) is 12.5 Å². The molecular formula is C18H19ClN2O4. The summed E-state index contributed by atoms with van der Waals surface area (Å²) in [5.41, 5.74) is 5.88. The second-order valence-corrected chi connectivity index (χ2v) is 5.64. The molecule has 0 aliphatic rings. The van der Waals surface area contributed by atoms with Crippen LogP contribution in [0.1, 0.15) is 18.0 Å². The van der Waals surface area contributed by atoms with Gasteiger partial charge in [-0.15, -0.1) is 0 Å². The molecule has 0 saturated heterocycles. The number of nitrogens with one attached hydrogen (secondary N) is 1. The van der Waals surface area contributed by atoms with Crippen LogP contribution in [-0.4, -0.2) is 25.2 Å².